The molecule has 1 aromatic heterocycles. The number of aromatic nitrogens is 1. The van der Waals surface area contributed by atoms with E-state index in [4.69, 9.17) is 9.15 Å². The molecule has 2 rings (SSSR count). The maximum Gasteiger partial charge on any atom is 0.223 e. The van der Waals surface area contributed by atoms with Crippen LogP contribution >= 0.6 is 0 Å². The summed E-state index contributed by atoms with van der Waals surface area (Å²) in [5, 5.41) is 2.81. The number of para-hydroxylation sites is 1. The van der Waals surface area contributed by atoms with Crippen molar-refractivity contribution in [2.45, 2.75) is 19.8 Å². The average Bonchev–Trinajstić information content (AvgIpc) is 2.86. The molecule has 0 saturated heterocycles. The smallest absolute Gasteiger partial charge is 0.223 e. The summed E-state index contributed by atoms with van der Waals surface area (Å²) in [5.41, 5.74) is 0. The normalized spacial score (nSPS) is 10.2. The van der Waals surface area contributed by atoms with E-state index in [-0.39, 0.29) is 5.91 Å². The minimum atomic E-state index is -0.0378. The number of aryl methyl sites for hydroxylation is 1. The van der Waals surface area contributed by atoms with Crippen molar-refractivity contribution >= 4 is 5.91 Å². The summed E-state index contributed by atoms with van der Waals surface area (Å²) in [6, 6.07) is 9.44. The number of amides is 1. The van der Waals surface area contributed by atoms with Crippen LogP contribution in [0.3, 0.4) is 0 Å². The van der Waals surface area contributed by atoms with Gasteiger partial charge in [0, 0.05) is 13.0 Å². The van der Waals surface area contributed by atoms with Crippen LogP contribution in [-0.2, 0) is 11.2 Å². The number of nitrogens with one attached hydrogen (secondary N) is 1. The molecule has 2 aromatic rings. The number of carbonyl (C=O) groups is 1. The van der Waals surface area contributed by atoms with Crippen LogP contribution in [0.2, 0.25) is 0 Å². The molecule has 0 radical (unpaired) electrons. The minimum Gasteiger partial charge on any atom is -0.493 e. The van der Waals surface area contributed by atoms with Crippen molar-refractivity contribution in [2.24, 2.45) is 0 Å². The monoisotopic (exact) mass is 274 g/mol. The van der Waals surface area contributed by atoms with Crippen molar-refractivity contribution in [3.05, 3.63) is 48.2 Å². The Labute approximate surface area is 118 Å². The molecule has 0 atom stereocenters. The molecule has 1 heterocycles. The number of ether oxygens (including phenoxy) is 1. The van der Waals surface area contributed by atoms with Crippen LogP contribution in [0.4, 0.5) is 0 Å². The first-order chi connectivity index (χ1) is 9.74. The first kappa shape index (κ1) is 14.1. The van der Waals surface area contributed by atoms with Crippen LogP contribution < -0.4 is 10.1 Å². The van der Waals surface area contributed by atoms with Crippen LogP contribution in [0.1, 0.15) is 18.1 Å². The standard InChI is InChI=1S/C15H18N2O3/c1-12-11-17-15(20-12)7-9-16-14(18)8-10-19-13-5-3-2-4-6-13/h2-6,11H,7-10H2,1H3,(H,16,18). The van der Waals surface area contributed by atoms with Crippen molar-refractivity contribution in [1.29, 1.82) is 0 Å². The van der Waals surface area contributed by atoms with Crippen LogP contribution in [0.5, 0.6) is 5.75 Å². The summed E-state index contributed by atoms with van der Waals surface area (Å²) < 4.78 is 10.8. The fraction of sp³-hybridized carbons (Fsp3) is 0.333. The van der Waals surface area contributed by atoms with Gasteiger partial charge in [0.15, 0.2) is 5.89 Å². The topological polar surface area (TPSA) is 64.4 Å². The Bertz CT molecular complexity index is 537. The predicted octanol–water partition coefficient (Wildman–Crippen LogP) is 2.11. The van der Waals surface area contributed by atoms with Gasteiger partial charge in [0.2, 0.25) is 5.91 Å². The fourth-order valence-electron chi connectivity index (χ4n) is 1.69. The SMILES string of the molecule is Cc1cnc(CCNC(=O)CCOc2ccccc2)o1. The number of carbonyl (C=O) groups excluding carboxylic acids is 1. The molecule has 1 amide bonds. The molecule has 0 spiro atoms. The number of nitrogens with zero attached hydrogens (tertiary/aromatic N) is 1. The highest BCUT2D eigenvalue weighted by Gasteiger charge is 2.04. The third-order valence-corrected chi connectivity index (χ3v) is 2.67. The molecule has 1 N–H and O–H groups in total. The van der Waals surface area contributed by atoms with E-state index < -0.39 is 0 Å². The fourth-order valence-corrected chi connectivity index (χ4v) is 1.69. The molecule has 106 valence electrons. The Balaban J connectivity index is 1.59. The van der Waals surface area contributed by atoms with Gasteiger partial charge >= 0.3 is 0 Å². The second kappa shape index (κ2) is 7.33. The molecule has 0 saturated carbocycles. The molecule has 0 bridgehead atoms. The van der Waals surface area contributed by atoms with Gasteiger partial charge in [-0.15, -0.1) is 0 Å². The van der Waals surface area contributed by atoms with E-state index in [2.05, 4.69) is 10.3 Å². The maximum absolute atomic E-state index is 11.6. The Morgan fingerprint density at radius 2 is 2.15 bits per heavy atom. The Hall–Kier alpha value is -2.30. The second-order valence-electron chi connectivity index (χ2n) is 4.38. The highest BCUT2D eigenvalue weighted by atomic mass is 16.5. The summed E-state index contributed by atoms with van der Waals surface area (Å²) in [5.74, 6) is 2.16. The summed E-state index contributed by atoms with van der Waals surface area (Å²) in [4.78, 5) is 15.7. The van der Waals surface area contributed by atoms with Crippen LogP contribution in [-0.4, -0.2) is 24.0 Å². The molecule has 1 aromatic carbocycles. The zero-order chi connectivity index (χ0) is 14.2. The lowest BCUT2D eigenvalue weighted by Crippen LogP contribution is -2.27. The Morgan fingerprint density at radius 3 is 2.85 bits per heavy atom. The van der Waals surface area contributed by atoms with Gasteiger partial charge in [0.05, 0.1) is 19.2 Å². The van der Waals surface area contributed by atoms with E-state index in [1.807, 2.05) is 37.3 Å². The molecule has 5 nitrogen and oxygen atoms in total. The lowest BCUT2D eigenvalue weighted by atomic mass is 10.3. The van der Waals surface area contributed by atoms with E-state index >= 15 is 0 Å². The molecule has 0 unspecified atom stereocenters. The summed E-state index contributed by atoms with van der Waals surface area (Å²) in [6.07, 6.45) is 2.60. The Morgan fingerprint density at radius 1 is 1.35 bits per heavy atom. The molecular weight excluding hydrogens is 256 g/mol. The van der Waals surface area contributed by atoms with Crippen LogP contribution in [0.15, 0.2) is 40.9 Å². The number of hydrogen-bond donors (Lipinski definition) is 1. The third kappa shape index (κ3) is 4.76. The highest BCUT2D eigenvalue weighted by Crippen LogP contribution is 2.08. The van der Waals surface area contributed by atoms with Crippen molar-refractivity contribution in [3.8, 4) is 5.75 Å². The summed E-state index contributed by atoms with van der Waals surface area (Å²) >= 11 is 0. The molecule has 5 heteroatoms. The lowest BCUT2D eigenvalue weighted by molar-refractivity contribution is -0.121. The number of oxazole rings is 1. The van der Waals surface area contributed by atoms with E-state index in [0.717, 1.165) is 11.5 Å². The van der Waals surface area contributed by atoms with E-state index in [1.54, 1.807) is 6.20 Å². The van der Waals surface area contributed by atoms with Crippen molar-refractivity contribution < 1.29 is 13.9 Å². The van der Waals surface area contributed by atoms with Gasteiger partial charge in [-0.2, -0.15) is 0 Å². The van der Waals surface area contributed by atoms with Crippen molar-refractivity contribution in [1.82, 2.24) is 10.3 Å². The number of benzene rings is 1. The van der Waals surface area contributed by atoms with E-state index in [0.29, 0.717) is 31.9 Å². The minimum absolute atomic E-state index is 0.0378. The van der Waals surface area contributed by atoms with Gasteiger partial charge in [0.25, 0.3) is 0 Å². The van der Waals surface area contributed by atoms with Gasteiger partial charge < -0.3 is 14.5 Å². The molecule has 0 fully saturated rings. The molecular formula is C15H18N2O3. The number of rotatable bonds is 7. The van der Waals surface area contributed by atoms with Crippen LogP contribution in [0.25, 0.3) is 0 Å². The molecule has 0 aliphatic rings. The number of hydrogen-bond acceptors (Lipinski definition) is 4. The predicted molar refractivity (Wildman–Crippen MR) is 74.5 cm³/mol. The van der Waals surface area contributed by atoms with Crippen molar-refractivity contribution in [3.63, 3.8) is 0 Å². The van der Waals surface area contributed by atoms with Crippen molar-refractivity contribution in [2.75, 3.05) is 13.2 Å². The summed E-state index contributed by atoms with van der Waals surface area (Å²) in [7, 11) is 0. The largest absolute Gasteiger partial charge is 0.493 e. The van der Waals surface area contributed by atoms with Gasteiger partial charge in [0.1, 0.15) is 11.5 Å². The van der Waals surface area contributed by atoms with Crippen LogP contribution in [0, 0.1) is 6.92 Å². The van der Waals surface area contributed by atoms with Gasteiger partial charge in [-0.05, 0) is 19.1 Å². The first-order valence-electron chi connectivity index (χ1n) is 6.60. The highest BCUT2D eigenvalue weighted by molar-refractivity contribution is 5.75. The van der Waals surface area contributed by atoms with Gasteiger partial charge in [-0.25, -0.2) is 4.98 Å². The average molecular weight is 274 g/mol. The molecule has 0 aliphatic carbocycles. The second-order valence-corrected chi connectivity index (χ2v) is 4.38. The maximum atomic E-state index is 11.6. The molecule has 20 heavy (non-hydrogen) atoms. The quantitative estimate of drug-likeness (QED) is 0.840. The first-order valence-corrected chi connectivity index (χ1v) is 6.60. The van der Waals surface area contributed by atoms with E-state index in [1.165, 1.54) is 0 Å². The summed E-state index contributed by atoms with van der Waals surface area (Å²) in [6.45, 7) is 2.73. The zero-order valence-corrected chi connectivity index (χ0v) is 11.5. The van der Waals surface area contributed by atoms with E-state index in [9.17, 15) is 4.79 Å². The lowest BCUT2D eigenvalue weighted by Gasteiger charge is -2.06. The van der Waals surface area contributed by atoms with Gasteiger partial charge in [-0.3, -0.25) is 4.79 Å². The van der Waals surface area contributed by atoms with Gasteiger partial charge in [-0.1, -0.05) is 18.2 Å². The zero-order valence-electron chi connectivity index (χ0n) is 11.5. The molecule has 0 aliphatic heterocycles. The third-order valence-electron chi connectivity index (χ3n) is 2.67. The Kier molecular flexibility index (Phi) is 5.17.